The third-order valence-electron chi connectivity index (χ3n) is 2.09. The van der Waals surface area contributed by atoms with Crippen molar-refractivity contribution in [2.75, 3.05) is 0 Å². The van der Waals surface area contributed by atoms with Crippen LogP contribution in [0, 0.1) is 17.8 Å². The van der Waals surface area contributed by atoms with Crippen LogP contribution in [0.25, 0.3) is 10.1 Å². The SMILES string of the molecule is N#C[CH]c1ccc2scc(C(N)=O)c2c1. The van der Waals surface area contributed by atoms with E-state index < -0.39 is 5.91 Å². The summed E-state index contributed by atoms with van der Waals surface area (Å²) in [6.45, 7) is 0. The highest BCUT2D eigenvalue weighted by molar-refractivity contribution is 7.17. The van der Waals surface area contributed by atoms with Crippen molar-refractivity contribution in [3.8, 4) is 6.07 Å². The van der Waals surface area contributed by atoms with Crippen LogP contribution in [0.4, 0.5) is 0 Å². The first-order valence-electron chi connectivity index (χ1n) is 4.26. The van der Waals surface area contributed by atoms with Gasteiger partial charge in [-0.1, -0.05) is 6.07 Å². The Morgan fingerprint density at radius 3 is 3.00 bits per heavy atom. The molecule has 15 heavy (non-hydrogen) atoms. The Kier molecular flexibility index (Phi) is 2.40. The maximum Gasteiger partial charge on any atom is 0.250 e. The normalized spacial score (nSPS) is 10.1. The molecule has 1 aromatic carbocycles. The zero-order valence-electron chi connectivity index (χ0n) is 7.73. The topological polar surface area (TPSA) is 66.9 Å². The minimum atomic E-state index is -0.435. The number of nitrogens with zero attached hydrogens (tertiary/aromatic N) is 1. The third-order valence-corrected chi connectivity index (χ3v) is 3.06. The number of carbonyl (C=O) groups excluding carboxylic acids is 1. The fourth-order valence-electron chi connectivity index (χ4n) is 1.40. The van der Waals surface area contributed by atoms with Gasteiger partial charge in [0.2, 0.25) is 5.91 Å². The van der Waals surface area contributed by atoms with Crippen LogP contribution in [0.15, 0.2) is 23.6 Å². The first-order valence-corrected chi connectivity index (χ1v) is 5.14. The molecule has 1 aromatic heterocycles. The van der Waals surface area contributed by atoms with Crippen LogP contribution in [-0.4, -0.2) is 5.91 Å². The Balaban J connectivity index is 2.62. The lowest BCUT2D eigenvalue weighted by Gasteiger charge is -1.96. The van der Waals surface area contributed by atoms with E-state index in [0.29, 0.717) is 5.56 Å². The maximum absolute atomic E-state index is 11.1. The van der Waals surface area contributed by atoms with Gasteiger partial charge in [-0.3, -0.25) is 4.79 Å². The first-order chi connectivity index (χ1) is 7.22. The van der Waals surface area contributed by atoms with E-state index in [-0.39, 0.29) is 0 Å². The number of nitriles is 1. The van der Waals surface area contributed by atoms with Gasteiger partial charge in [-0.05, 0) is 17.7 Å². The highest BCUT2D eigenvalue weighted by Crippen LogP contribution is 2.27. The van der Waals surface area contributed by atoms with E-state index in [9.17, 15) is 4.79 Å². The number of hydrogen-bond donors (Lipinski definition) is 1. The molecule has 2 rings (SSSR count). The molecular weight excluding hydrogens is 208 g/mol. The summed E-state index contributed by atoms with van der Waals surface area (Å²) in [5, 5.41) is 11.1. The van der Waals surface area contributed by atoms with Gasteiger partial charge in [0.05, 0.1) is 18.1 Å². The van der Waals surface area contributed by atoms with E-state index >= 15 is 0 Å². The lowest BCUT2D eigenvalue weighted by molar-refractivity contribution is 0.100. The van der Waals surface area contributed by atoms with Crippen LogP contribution in [0.3, 0.4) is 0 Å². The molecule has 1 heterocycles. The van der Waals surface area contributed by atoms with Crippen molar-refractivity contribution in [2.45, 2.75) is 0 Å². The molecule has 1 radical (unpaired) electrons. The highest BCUT2D eigenvalue weighted by Gasteiger charge is 2.09. The molecule has 0 saturated carbocycles. The monoisotopic (exact) mass is 215 g/mol. The molecule has 3 nitrogen and oxygen atoms in total. The summed E-state index contributed by atoms with van der Waals surface area (Å²) >= 11 is 1.47. The minimum absolute atomic E-state index is 0.435. The summed E-state index contributed by atoms with van der Waals surface area (Å²) in [4.78, 5) is 11.1. The van der Waals surface area contributed by atoms with Crippen molar-refractivity contribution in [3.05, 3.63) is 41.1 Å². The fraction of sp³-hybridized carbons (Fsp3) is 0. The number of benzene rings is 1. The number of rotatable bonds is 2. The molecule has 0 spiro atoms. The number of thiophene rings is 1. The van der Waals surface area contributed by atoms with Crippen LogP contribution in [0.1, 0.15) is 15.9 Å². The zero-order valence-corrected chi connectivity index (χ0v) is 8.54. The van der Waals surface area contributed by atoms with Crippen LogP contribution in [0.2, 0.25) is 0 Å². The average molecular weight is 215 g/mol. The lowest BCUT2D eigenvalue weighted by Crippen LogP contribution is -2.09. The number of amides is 1. The number of nitrogens with two attached hydrogens (primary N) is 1. The van der Waals surface area contributed by atoms with E-state index in [1.54, 1.807) is 11.4 Å². The van der Waals surface area contributed by atoms with Crippen LogP contribution in [0.5, 0.6) is 0 Å². The van der Waals surface area contributed by atoms with E-state index in [4.69, 9.17) is 11.0 Å². The number of hydrogen-bond acceptors (Lipinski definition) is 3. The Hall–Kier alpha value is -1.86. The molecule has 0 bridgehead atoms. The van der Waals surface area contributed by atoms with Crippen molar-refractivity contribution in [2.24, 2.45) is 5.73 Å². The Bertz CT molecular complexity index is 565. The predicted molar refractivity (Wildman–Crippen MR) is 59.4 cm³/mol. The fourth-order valence-corrected chi connectivity index (χ4v) is 2.33. The number of fused-ring (bicyclic) bond motifs is 1. The lowest BCUT2D eigenvalue weighted by atomic mass is 10.1. The third kappa shape index (κ3) is 1.69. The van der Waals surface area contributed by atoms with E-state index in [1.165, 1.54) is 17.8 Å². The van der Waals surface area contributed by atoms with Crippen LogP contribution in [-0.2, 0) is 0 Å². The highest BCUT2D eigenvalue weighted by atomic mass is 32.1. The van der Waals surface area contributed by atoms with Gasteiger partial charge < -0.3 is 5.73 Å². The Morgan fingerprint density at radius 2 is 2.33 bits per heavy atom. The van der Waals surface area contributed by atoms with Gasteiger partial charge in [-0.25, -0.2) is 0 Å². The maximum atomic E-state index is 11.1. The van der Waals surface area contributed by atoms with Crippen molar-refractivity contribution < 1.29 is 4.79 Å². The molecule has 0 aliphatic carbocycles. The molecule has 2 N–H and O–H groups in total. The largest absolute Gasteiger partial charge is 0.366 e. The number of primary amides is 1. The van der Waals surface area contributed by atoms with Crippen molar-refractivity contribution in [1.82, 2.24) is 0 Å². The Labute approximate surface area is 90.7 Å². The number of carbonyl (C=O) groups is 1. The van der Waals surface area contributed by atoms with Gasteiger partial charge in [0.15, 0.2) is 0 Å². The van der Waals surface area contributed by atoms with Crippen molar-refractivity contribution >= 4 is 27.3 Å². The molecule has 73 valence electrons. The second-order valence-corrected chi connectivity index (χ2v) is 3.95. The molecule has 0 unspecified atom stereocenters. The second kappa shape index (κ2) is 3.71. The average Bonchev–Trinajstić information content (AvgIpc) is 2.61. The summed E-state index contributed by atoms with van der Waals surface area (Å²) in [6, 6.07) is 7.48. The second-order valence-electron chi connectivity index (χ2n) is 3.04. The molecular formula is C11H7N2OS. The molecule has 0 aliphatic heterocycles. The van der Waals surface area contributed by atoms with E-state index in [1.807, 2.05) is 18.2 Å². The molecule has 2 aromatic rings. The summed E-state index contributed by atoms with van der Waals surface area (Å²) in [5.41, 5.74) is 6.54. The van der Waals surface area contributed by atoms with E-state index in [2.05, 4.69) is 0 Å². The minimum Gasteiger partial charge on any atom is -0.366 e. The van der Waals surface area contributed by atoms with Gasteiger partial charge in [-0.2, -0.15) is 5.26 Å². The smallest absolute Gasteiger partial charge is 0.250 e. The van der Waals surface area contributed by atoms with Gasteiger partial charge in [0.25, 0.3) is 0 Å². The quantitative estimate of drug-likeness (QED) is 0.833. The van der Waals surface area contributed by atoms with Crippen molar-refractivity contribution in [3.63, 3.8) is 0 Å². The van der Waals surface area contributed by atoms with E-state index in [0.717, 1.165) is 15.6 Å². The summed E-state index contributed by atoms with van der Waals surface area (Å²) in [7, 11) is 0. The molecule has 0 atom stereocenters. The summed E-state index contributed by atoms with van der Waals surface area (Å²) < 4.78 is 0.999. The zero-order chi connectivity index (χ0) is 10.8. The molecule has 0 aliphatic rings. The summed E-state index contributed by atoms with van der Waals surface area (Å²) in [5.74, 6) is -0.435. The van der Waals surface area contributed by atoms with Gasteiger partial charge >= 0.3 is 0 Å². The van der Waals surface area contributed by atoms with Gasteiger partial charge in [-0.15, -0.1) is 11.3 Å². The molecule has 4 heteroatoms. The standard InChI is InChI=1S/C11H7N2OS/c12-4-3-7-1-2-10-8(5-7)9(6-15-10)11(13)14/h1-3,5-6H,(H2,13,14). The molecule has 0 saturated heterocycles. The summed E-state index contributed by atoms with van der Waals surface area (Å²) in [6.07, 6.45) is 1.43. The Morgan fingerprint density at radius 1 is 1.53 bits per heavy atom. The molecule has 0 fully saturated rings. The predicted octanol–water partition coefficient (Wildman–Crippen LogP) is 2.08. The van der Waals surface area contributed by atoms with Gasteiger partial charge in [0, 0.05) is 15.5 Å². The van der Waals surface area contributed by atoms with Crippen LogP contribution >= 0.6 is 11.3 Å². The van der Waals surface area contributed by atoms with Crippen molar-refractivity contribution in [1.29, 1.82) is 5.26 Å². The van der Waals surface area contributed by atoms with Crippen LogP contribution < -0.4 is 5.73 Å². The first kappa shape index (κ1) is 9.69. The van der Waals surface area contributed by atoms with Gasteiger partial charge in [0.1, 0.15) is 0 Å². The molecule has 1 amide bonds.